The summed E-state index contributed by atoms with van der Waals surface area (Å²) in [6.07, 6.45) is 6.63. The number of rotatable bonds is 5. The molecule has 0 aromatic heterocycles. The number of allylic oxidation sites excluding steroid dienone is 1. The van der Waals surface area contributed by atoms with Gasteiger partial charge >= 0.3 is 11.9 Å². The first-order valence-corrected chi connectivity index (χ1v) is 7.93. The van der Waals surface area contributed by atoms with Gasteiger partial charge in [0.2, 0.25) is 0 Å². The first kappa shape index (κ1) is 18.7. The Morgan fingerprint density at radius 3 is 2.68 bits per heavy atom. The van der Waals surface area contributed by atoms with Crippen molar-refractivity contribution in [1.82, 2.24) is 5.32 Å². The highest BCUT2D eigenvalue weighted by Crippen LogP contribution is 2.29. The summed E-state index contributed by atoms with van der Waals surface area (Å²) >= 11 is 0. The van der Waals surface area contributed by atoms with Crippen molar-refractivity contribution in [2.24, 2.45) is 0 Å². The maximum atomic E-state index is 9.55. The smallest absolute Gasteiger partial charge is 0.328 e. The fraction of sp³-hybridized carbons (Fsp3) is 0.333. The number of aliphatic carboxylic acids is 2. The van der Waals surface area contributed by atoms with Gasteiger partial charge in [-0.2, -0.15) is 0 Å². The van der Waals surface area contributed by atoms with E-state index in [2.05, 4.69) is 29.6 Å². The molecule has 0 bridgehead atoms. The van der Waals surface area contributed by atoms with Gasteiger partial charge in [-0.25, -0.2) is 9.59 Å². The van der Waals surface area contributed by atoms with Gasteiger partial charge in [0, 0.05) is 30.8 Å². The van der Waals surface area contributed by atoms with Crippen molar-refractivity contribution in [2.75, 3.05) is 26.3 Å². The van der Waals surface area contributed by atoms with E-state index in [0.717, 1.165) is 31.9 Å². The molecule has 0 amide bonds. The van der Waals surface area contributed by atoms with Gasteiger partial charge in [-0.15, -0.1) is 0 Å². The van der Waals surface area contributed by atoms with Crippen LogP contribution in [0.25, 0.3) is 6.08 Å². The third kappa shape index (κ3) is 6.40. The molecule has 1 heterocycles. The normalized spacial score (nSPS) is 18.3. The fourth-order valence-electron chi connectivity index (χ4n) is 2.44. The van der Waals surface area contributed by atoms with Gasteiger partial charge in [0.1, 0.15) is 18.5 Å². The summed E-state index contributed by atoms with van der Waals surface area (Å²) in [7, 11) is 0. The summed E-state index contributed by atoms with van der Waals surface area (Å²) in [4.78, 5) is 19.1. The van der Waals surface area contributed by atoms with Crippen LogP contribution in [-0.2, 0) is 20.7 Å². The molecule has 1 aliphatic heterocycles. The number of carbonyl (C=O) groups is 2. The Morgan fingerprint density at radius 2 is 2.04 bits per heavy atom. The van der Waals surface area contributed by atoms with Gasteiger partial charge in [0.05, 0.1) is 6.61 Å². The topological polar surface area (TPSA) is 105 Å². The summed E-state index contributed by atoms with van der Waals surface area (Å²) in [5, 5.41) is 18.9. The summed E-state index contributed by atoms with van der Waals surface area (Å²) in [6, 6.07) is 6.24. The largest absolute Gasteiger partial charge is 0.490 e. The lowest BCUT2D eigenvalue weighted by atomic mass is 10.1. The second kappa shape index (κ2) is 9.61. The molecule has 1 unspecified atom stereocenters. The number of nitrogens with one attached hydrogen (secondary N) is 1. The van der Waals surface area contributed by atoms with E-state index in [1.165, 1.54) is 11.1 Å². The van der Waals surface area contributed by atoms with Gasteiger partial charge in [-0.05, 0) is 18.1 Å². The highest BCUT2D eigenvalue weighted by Gasteiger charge is 2.16. The van der Waals surface area contributed by atoms with Gasteiger partial charge in [0.25, 0.3) is 0 Å². The summed E-state index contributed by atoms with van der Waals surface area (Å²) in [6.45, 7) is 3.23. The molecule has 25 heavy (non-hydrogen) atoms. The zero-order chi connectivity index (χ0) is 18.1. The zero-order valence-electron chi connectivity index (χ0n) is 13.7. The Morgan fingerprint density at radius 1 is 1.28 bits per heavy atom. The van der Waals surface area contributed by atoms with Crippen LogP contribution < -0.4 is 10.1 Å². The standard InChI is InChI=1S/C14H17NO2.C4H4O4/c1-3-11-4-2-6-14(13(11)5-1)17-10-12-9-15-7-8-16-12;5-3(6)1-2-4(7)8/h1-2,4-6,12,15H,3,7-10H2;1-2H,(H,5,6)(H,7,8). The third-order valence-electron chi connectivity index (χ3n) is 3.58. The first-order chi connectivity index (χ1) is 12.1. The van der Waals surface area contributed by atoms with Crippen molar-refractivity contribution in [1.29, 1.82) is 0 Å². The lowest BCUT2D eigenvalue weighted by molar-refractivity contribution is -0.134. The summed E-state index contributed by atoms with van der Waals surface area (Å²) in [5.41, 5.74) is 2.58. The Bertz CT molecular complexity index is 646. The molecule has 1 aromatic carbocycles. The van der Waals surface area contributed by atoms with Gasteiger partial charge in [0.15, 0.2) is 0 Å². The lowest BCUT2D eigenvalue weighted by Crippen LogP contribution is -2.41. The van der Waals surface area contributed by atoms with Crippen LogP contribution in [0.2, 0.25) is 0 Å². The van der Waals surface area contributed by atoms with E-state index in [4.69, 9.17) is 19.7 Å². The van der Waals surface area contributed by atoms with Crippen molar-refractivity contribution in [3.05, 3.63) is 47.6 Å². The van der Waals surface area contributed by atoms with Crippen molar-refractivity contribution in [3.8, 4) is 5.75 Å². The molecule has 0 radical (unpaired) electrons. The summed E-state index contributed by atoms with van der Waals surface area (Å²) < 4.78 is 11.5. The Labute approximate surface area is 145 Å². The molecule has 1 fully saturated rings. The maximum absolute atomic E-state index is 9.55. The molecule has 0 spiro atoms. The monoisotopic (exact) mass is 347 g/mol. The third-order valence-corrected chi connectivity index (χ3v) is 3.58. The van der Waals surface area contributed by atoms with Gasteiger partial charge < -0.3 is 25.0 Å². The highest BCUT2D eigenvalue weighted by atomic mass is 16.5. The van der Waals surface area contributed by atoms with Crippen LogP contribution in [0.4, 0.5) is 0 Å². The molecule has 7 heteroatoms. The van der Waals surface area contributed by atoms with E-state index in [0.29, 0.717) is 18.8 Å². The minimum Gasteiger partial charge on any atom is -0.490 e. The molecule has 1 atom stereocenters. The van der Waals surface area contributed by atoms with Crippen LogP contribution in [-0.4, -0.2) is 54.6 Å². The number of benzene rings is 1. The molecule has 0 saturated carbocycles. The van der Waals surface area contributed by atoms with Crippen LogP contribution in [0.5, 0.6) is 5.75 Å². The van der Waals surface area contributed by atoms with Crippen LogP contribution in [0.1, 0.15) is 11.1 Å². The van der Waals surface area contributed by atoms with Gasteiger partial charge in [-0.3, -0.25) is 0 Å². The number of hydrogen-bond acceptors (Lipinski definition) is 5. The molecule has 1 aromatic rings. The Kier molecular flexibility index (Phi) is 7.18. The predicted molar refractivity (Wildman–Crippen MR) is 91.7 cm³/mol. The number of fused-ring (bicyclic) bond motifs is 1. The van der Waals surface area contributed by atoms with Crippen LogP contribution in [0.15, 0.2) is 36.4 Å². The molecule has 1 aliphatic carbocycles. The number of carboxylic acid groups (broad SMARTS) is 2. The quantitative estimate of drug-likeness (QED) is 0.690. The van der Waals surface area contributed by atoms with Crippen LogP contribution in [0, 0.1) is 0 Å². The van der Waals surface area contributed by atoms with Crippen molar-refractivity contribution in [3.63, 3.8) is 0 Å². The van der Waals surface area contributed by atoms with Crippen molar-refractivity contribution in [2.45, 2.75) is 12.5 Å². The molecular formula is C18H21NO6. The summed E-state index contributed by atoms with van der Waals surface area (Å²) in [5.74, 6) is -1.54. The van der Waals surface area contributed by atoms with E-state index >= 15 is 0 Å². The minimum absolute atomic E-state index is 0.171. The fourth-order valence-corrected chi connectivity index (χ4v) is 2.44. The number of carboxylic acids is 2. The Balaban J connectivity index is 0.000000242. The molecule has 7 nitrogen and oxygen atoms in total. The average Bonchev–Trinajstić information content (AvgIpc) is 3.09. The second-order valence-electron chi connectivity index (χ2n) is 5.45. The Hall–Kier alpha value is -2.64. The molecule has 134 valence electrons. The van der Waals surface area contributed by atoms with E-state index in [1.807, 2.05) is 6.07 Å². The maximum Gasteiger partial charge on any atom is 0.328 e. The number of hydrogen-bond donors (Lipinski definition) is 3. The van der Waals surface area contributed by atoms with Crippen LogP contribution in [0.3, 0.4) is 0 Å². The lowest BCUT2D eigenvalue weighted by Gasteiger charge is -2.24. The zero-order valence-corrected chi connectivity index (χ0v) is 13.7. The number of ether oxygens (including phenoxy) is 2. The first-order valence-electron chi connectivity index (χ1n) is 7.93. The second-order valence-corrected chi connectivity index (χ2v) is 5.45. The molecule has 2 aliphatic rings. The van der Waals surface area contributed by atoms with Crippen molar-refractivity contribution >= 4 is 18.0 Å². The van der Waals surface area contributed by atoms with E-state index in [1.54, 1.807) is 0 Å². The van der Waals surface area contributed by atoms with E-state index < -0.39 is 11.9 Å². The molecule has 3 N–H and O–H groups in total. The molecule has 3 rings (SSSR count). The minimum atomic E-state index is -1.26. The van der Waals surface area contributed by atoms with Gasteiger partial charge in [-0.1, -0.05) is 24.3 Å². The van der Waals surface area contributed by atoms with Crippen molar-refractivity contribution < 1.29 is 29.3 Å². The van der Waals surface area contributed by atoms with E-state index in [9.17, 15) is 9.59 Å². The highest BCUT2D eigenvalue weighted by molar-refractivity contribution is 5.89. The number of morpholine rings is 1. The molecule has 1 saturated heterocycles. The van der Waals surface area contributed by atoms with Crippen LogP contribution >= 0.6 is 0 Å². The molecular weight excluding hydrogens is 326 g/mol. The SMILES string of the molecule is C1=Cc2c(cccc2OCC2CNCCO2)C1.O=C(O)C=CC(=O)O. The van der Waals surface area contributed by atoms with E-state index in [-0.39, 0.29) is 6.10 Å². The average molecular weight is 347 g/mol. The predicted octanol–water partition coefficient (Wildman–Crippen LogP) is 1.33.